The molecule has 0 aliphatic heterocycles. The third kappa shape index (κ3) is 42.2. The maximum Gasteiger partial charge on any atom is 0.306 e. The van der Waals surface area contributed by atoms with Crippen molar-refractivity contribution in [1.29, 1.82) is 0 Å². The number of methoxy groups -OCH3 is 8. The molecule has 0 fully saturated rings. The Hall–Kier alpha value is -8.34. The van der Waals surface area contributed by atoms with Gasteiger partial charge in [-0.1, -0.05) is 103 Å². The summed E-state index contributed by atoms with van der Waals surface area (Å²) in [6.45, 7) is 8.20. The fourth-order valence-electron chi connectivity index (χ4n) is 12.9. The number of ether oxygens (including phenoxy) is 8. The van der Waals surface area contributed by atoms with Crippen LogP contribution in [0.25, 0.3) is 21.5 Å². The molecule has 3 rings (SSSR count). The zero-order valence-corrected chi connectivity index (χ0v) is 67.4. The van der Waals surface area contributed by atoms with Crippen LogP contribution in [0.4, 0.5) is 0 Å². The number of unbranched alkanes of at least 4 members (excludes halogenated alkanes) is 20. The Bertz CT molecular complexity index is 2780. The predicted molar refractivity (Wildman–Crippen MR) is 420 cm³/mol. The van der Waals surface area contributed by atoms with E-state index in [4.69, 9.17) is 37.9 Å². The molecular formula is C82H130N8O20. The summed E-state index contributed by atoms with van der Waals surface area (Å²) in [4.78, 5) is 161. The molecule has 0 bridgehead atoms. The number of rotatable bonds is 64. The van der Waals surface area contributed by atoms with Crippen LogP contribution in [0.2, 0.25) is 0 Å². The van der Waals surface area contributed by atoms with Gasteiger partial charge in [-0.15, -0.1) is 0 Å². The molecule has 0 aromatic heterocycles. The second-order valence-corrected chi connectivity index (χ2v) is 27.8. The molecule has 0 aliphatic rings. The van der Waals surface area contributed by atoms with Crippen LogP contribution in [0.15, 0.2) is 36.4 Å². The summed E-state index contributed by atoms with van der Waals surface area (Å²) in [6.07, 6.45) is 22.8. The number of carbonyl (C=O) groups is 12. The molecule has 28 heteroatoms. The normalized spacial score (nSPS) is 11.2. The molecule has 3 aromatic carbocycles. The second-order valence-electron chi connectivity index (χ2n) is 27.8. The lowest BCUT2D eigenvalue weighted by Gasteiger charge is -2.21. The average Bonchev–Trinajstić information content (AvgIpc) is 0.761. The molecule has 0 saturated carbocycles. The van der Waals surface area contributed by atoms with Gasteiger partial charge in [-0.25, -0.2) is 0 Å². The molecule has 0 unspecified atom stereocenters. The highest BCUT2D eigenvalue weighted by Gasteiger charge is 2.23. The molecule has 0 radical (unpaired) electrons. The summed E-state index contributed by atoms with van der Waals surface area (Å²) in [5.41, 5.74) is 0.775. The van der Waals surface area contributed by atoms with E-state index in [2.05, 4.69) is 40.9 Å². The number of amides is 4. The number of benzene rings is 3. The third-order valence-electron chi connectivity index (χ3n) is 19.7. The number of nitrogens with one attached hydrogen (secondary N) is 4. The topological polar surface area (TPSA) is 340 Å². The first-order valence-electron chi connectivity index (χ1n) is 39.8. The van der Waals surface area contributed by atoms with E-state index >= 15 is 0 Å². The van der Waals surface area contributed by atoms with E-state index in [9.17, 15) is 57.5 Å². The summed E-state index contributed by atoms with van der Waals surface area (Å²) < 4.78 is 38.6. The molecule has 110 heavy (non-hydrogen) atoms. The van der Waals surface area contributed by atoms with Crippen LogP contribution < -0.4 is 21.3 Å². The lowest BCUT2D eigenvalue weighted by Crippen LogP contribution is -2.30. The Morgan fingerprint density at radius 2 is 0.355 bits per heavy atom. The maximum absolute atomic E-state index is 14.4. The minimum Gasteiger partial charge on any atom is -0.469 e. The minimum atomic E-state index is -0.409. The summed E-state index contributed by atoms with van der Waals surface area (Å²) in [5.74, 6) is -4.12. The van der Waals surface area contributed by atoms with Crippen LogP contribution in [-0.4, -0.2) is 253 Å². The largest absolute Gasteiger partial charge is 0.469 e. The van der Waals surface area contributed by atoms with Crippen LogP contribution in [0, 0.1) is 0 Å². The molecule has 4 N–H and O–H groups in total. The highest BCUT2D eigenvalue weighted by Crippen LogP contribution is 2.30. The van der Waals surface area contributed by atoms with E-state index in [0.717, 1.165) is 155 Å². The molecule has 0 spiro atoms. The van der Waals surface area contributed by atoms with Crippen molar-refractivity contribution < 1.29 is 95.4 Å². The molecule has 0 atom stereocenters. The Labute approximate surface area is 652 Å². The van der Waals surface area contributed by atoms with Crippen molar-refractivity contribution >= 4 is 92.9 Å². The molecule has 618 valence electrons. The first-order valence-corrected chi connectivity index (χ1v) is 39.8. The van der Waals surface area contributed by atoms with Crippen LogP contribution >= 0.6 is 0 Å². The van der Waals surface area contributed by atoms with Gasteiger partial charge in [0.05, 0.1) is 130 Å². The van der Waals surface area contributed by atoms with Gasteiger partial charge in [-0.3, -0.25) is 57.5 Å². The van der Waals surface area contributed by atoms with Crippen LogP contribution in [0.1, 0.15) is 247 Å². The van der Waals surface area contributed by atoms with Crippen LogP contribution in [0.3, 0.4) is 0 Å². The SMILES string of the molecule is COC(=O)CCN(CCCCCCCCNC(=O)c1cc2cc3cc(C(=O)NCCCCCCCCN(CCC(=O)OC)CCC(=O)OC)c(C(=O)NCCCCCCCCN(CCC(=O)OC)CCC(=O)OC)cc3cc2cc1C(=O)NCCCCCCCCN(CCC(=O)OC)CCC(=O)OC)CCC(=O)OC. The van der Waals surface area contributed by atoms with Crippen LogP contribution in [-0.2, 0) is 76.3 Å². The summed E-state index contributed by atoms with van der Waals surface area (Å²) in [5, 5.41) is 14.9. The number of carbonyl (C=O) groups excluding carboxylic acids is 12. The Kier molecular flexibility index (Phi) is 51.8. The zero-order chi connectivity index (χ0) is 80.5. The first-order chi connectivity index (χ1) is 53.2. The van der Waals surface area contributed by atoms with Gasteiger partial charge >= 0.3 is 47.8 Å². The Morgan fingerprint density at radius 3 is 0.509 bits per heavy atom. The number of fused-ring (bicyclic) bond motifs is 2. The Balaban J connectivity index is 1.85. The van der Waals surface area contributed by atoms with Gasteiger partial charge < -0.3 is 78.8 Å². The van der Waals surface area contributed by atoms with Gasteiger partial charge in [0.25, 0.3) is 23.6 Å². The smallest absolute Gasteiger partial charge is 0.306 e. The number of esters is 8. The van der Waals surface area contributed by atoms with Crippen molar-refractivity contribution in [2.75, 3.05) is 162 Å². The van der Waals surface area contributed by atoms with E-state index in [1.165, 1.54) is 56.9 Å². The molecule has 4 amide bonds. The quantitative estimate of drug-likeness (QED) is 0.0177. The first kappa shape index (κ1) is 95.9. The van der Waals surface area contributed by atoms with Gasteiger partial charge in [0.15, 0.2) is 0 Å². The predicted octanol–water partition coefficient (Wildman–Crippen LogP) is 9.99. The van der Waals surface area contributed by atoms with Gasteiger partial charge in [-0.2, -0.15) is 0 Å². The monoisotopic (exact) mass is 1550 g/mol. The average molecular weight is 1550 g/mol. The van der Waals surface area contributed by atoms with E-state index in [0.29, 0.717) is 126 Å². The third-order valence-corrected chi connectivity index (χ3v) is 19.7. The van der Waals surface area contributed by atoms with Crippen molar-refractivity contribution in [3.63, 3.8) is 0 Å². The standard InChI is InChI=1S/C82H130N8O20/c1-103-71(91)33-49-87(50-34-72(92)104-2)45-29-21-13-9-17-25-41-83-79(99)67-59-63-57-65-61-69(81(101)85-43-27-19-11-15-23-31-47-89(53-37-75(95)107-5)54-38-76(96)108-6)70(82(102)86-44-28-20-12-16-24-32-48-90(55-39-77(97)109-7)56-40-78(98)110-8)62-66(65)58-64(63)60-68(67)80(100)84-42-26-18-10-14-22-30-46-88(51-35-73(93)105-3)52-36-74(94)106-4/h57-62H,9-56H2,1-8H3,(H,83,99)(H,84,100)(H,85,101)(H,86,102). The van der Waals surface area contributed by atoms with Crippen molar-refractivity contribution in [3.8, 4) is 0 Å². The lowest BCUT2D eigenvalue weighted by atomic mass is 9.94. The zero-order valence-electron chi connectivity index (χ0n) is 67.4. The van der Waals surface area contributed by atoms with Gasteiger partial charge in [-0.05, 0) is 135 Å². The van der Waals surface area contributed by atoms with Crippen molar-refractivity contribution in [2.24, 2.45) is 0 Å². The minimum absolute atomic E-state index is 0.194. The molecule has 0 saturated heterocycles. The number of nitrogens with zero attached hydrogens (tertiary/aromatic N) is 4. The van der Waals surface area contributed by atoms with E-state index < -0.39 is 23.6 Å². The van der Waals surface area contributed by atoms with Crippen molar-refractivity contribution in [2.45, 2.75) is 205 Å². The fraction of sp³-hybridized carbons (Fsp3) is 0.683. The van der Waals surface area contributed by atoms with Gasteiger partial charge in [0.1, 0.15) is 0 Å². The number of hydrogen-bond donors (Lipinski definition) is 4. The molecule has 3 aromatic rings. The molecule has 0 heterocycles. The molecular weight excluding hydrogens is 1420 g/mol. The highest BCUT2D eigenvalue weighted by molar-refractivity contribution is 6.15. The lowest BCUT2D eigenvalue weighted by molar-refractivity contribution is -0.142. The summed E-state index contributed by atoms with van der Waals surface area (Å²) in [7, 11) is 10.8. The van der Waals surface area contributed by atoms with E-state index in [1.54, 1.807) is 24.3 Å². The summed E-state index contributed by atoms with van der Waals surface area (Å²) in [6, 6.07) is 10.6. The van der Waals surface area contributed by atoms with Gasteiger partial charge in [0.2, 0.25) is 0 Å². The summed E-state index contributed by atoms with van der Waals surface area (Å²) >= 11 is 0. The highest BCUT2D eigenvalue weighted by atomic mass is 16.5. The Morgan fingerprint density at radius 1 is 0.209 bits per heavy atom. The fourth-order valence-corrected chi connectivity index (χ4v) is 12.9. The van der Waals surface area contributed by atoms with Gasteiger partial charge in [0, 0.05) is 78.5 Å². The second kappa shape index (κ2) is 59.5. The molecule has 0 aliphatic carbocycles. The van der Waals surface area contributed by atoms with E-state index in [1.807, 2.05) is 12.1 Å². The number of hydrogen-bond acceptors (Lipinski definition) is 24. The van der Waals surface area contributed by atoms with Crippen molar-refractivity contribution in [3.05, 3.63) is 58.7 Å². The molecule has 28 nitrogen and oxygen atoms in total. The van der Waals surface area contributed by atoms with E-state index in [-0.39, 0.29) is 121 Å². The van der Waals surface area contributed by atoms with Crippen molar-refractivity contribution in [1.82, 2.24) is 40.9 Å². The van der Waals surface area contributed by atoms with Crippen LogP contribution in [0.5, 0.6) is 0 Å². The maximum atomic E-state index is 14.4.